The minimum atomic E-state index is 0.470. The fraction of sp³-hybridized carbons (Fsp3) is 0.643. The molecular weight excluding hydrogens is 230 g/mol. The Bertz CT molecular complexity index is 383. The van der Waals surface area contributed by atoms with E-state index in [-0.39, 0.29) is 0 Å². The maximum atomic E-state index is 11.6. The number of hydrogen-bond acceptors (Lipinski definition) is 3. The first-order valence-electron chi connectivity index (χ1n) is 6.63. The van der Waals surface area contributed by atoms with Crippen molar-refractivity contribution in [3.63, 3.8) is 0 Å². The van der Waals surface area contributed by atoms with Gasteiger partial charge in [-0.1, -0.05) is 6.07 Å². The van der Waals surface area contributed by atoms with Crippen LogP contribution in [0, 0.1) is 0 Å². The molecule has 2 nitrogen and oxygen atoms in total. The zero-order chi connectivity index (χ0) is 11.7. The quantitative estimate of drug-likeness (QED) is 0.816. The Morgan fingerprint density at radius 1 is 1.29 bits per heavy atom. The molecule has 1 atom stereocenters. The number of rotatable bonds is 4. The van der Waals surface area contributed by atoms with Gasteiger partial charge in [-0.05, 0) is 37.1 Å². The smallest absolute Gasteiger partial charge is 0.134 e. The van der Waals surface area contributed by atoms with Crippen LogP contribution in [-0.4, -0.2) is 22.8 Å². The van der Waals surface area contributed by atoms with Gasteiger partial charge in [-0.2, -0.15) is 0 Å². The van der Waals surface area contributed by atoms with Crippen molar-refractivity contribution in [1.82, 2.24) is 4.90 Å². The Labute approximate surface area is 107 Å². The summed E-state index contributed by atoms with van der Waals surface area (Å²) in [6.45, 7) is 1.06. The molecule has 2 aliphatic carbocycles. The van der Waals surface area contributed by atoms with Gasteiger partial charge in [0.1, 0.15) is 5.78 Å². The van der Waals surface area contributed by atoms with E-state index in [0.29, 0.717) is 11.8 Å². The van der Waals surface area contributed by atoms with E-state index >= 15 is 0 Å². The van der Waals surface area contributed by atoms with Crippen LogP contribution in [0.2, 0.25) is 0 Å². The summed E-state index contributed by atoms with van der Waals surface area (Å²) >= 11 is 1.83. The van der Waals surface area contributed by atoms with Crippen molar-refractivity contribution in [2.75, 3.05) is 0 Å². The highest BCUT2D eigenvalue weighted by molar-refractivity contribution is 7.09. The number of carbonyl (C=O) groups excluding carboxylic acids is 1. The zero-order valence-electron chi connectivity index (χ0n) is 10.1. The van der Waals surface area contributed by atoms with Gasteiger partial charge < -0.3 is 0 Å². The molecule has 2 aliphatic rings. The van der Waals surface area contributed by atoms with Crippen molar-refractivity contribution in [2.45, 2.75) is 57.2 Å². The lowest BCUT2D eigenvalue weighted by molar-refractivity contribution is -0.122. The van der Waals surface area contributed by atoms with Gasteiger partial charge in [0.05, 0.1) is 0 Å². The molecule has 1 aromatic rings. The van der Waals surface area contributed by atoms with Crippen LogP contribution in [0.5, 0.6) is 0 Å². The van der Waals surface area contributed by atoms with E-state index in [1.54, 1.807) is 0 Å². The third-order valence-corrected chi connectivity index (χ3v) is 4.72. The minimum Gasteiger partial charge on any atom is -0.300 e. The maximum absolute atomic E-state index is 11.6. The van der Waals surface area contributed by atoms with Crippen LogP contribution in [0.25, 0.3) is 0 Å². The van der Waals surface area contributed by atoms with E-state index in [0.717, 1.165) is 31.8 Å². The van der Waals surface area contributed by atoms with Crippen LogP contribution in [0.4, 0.5) is 0 Å². The van der Waals surface area contributed by atoms with Gasteiger partial charge in [-0.15, -0.1) is 11.3 Å². The van der Waals surface area contributed by atoms with Gasteiger partial charge in [0.15, 0.2) is 0 Å². The van der Waals surface area contributed by atoms with Crippen molar-refractivity contribution in [2.24, 2.45) is 0 Å². The Morgan fingerprint density at radius 2 is 2.18 bits per heavy atom. The molecule has 2 saturated carbocycles. The van der Waals surface area contributed by atoms with Crippen molar-refractivity contribution in [3.05, 3.63) is 22.4 Å². The lowest BCUT2D eigenvalue weighted by Gasteiger charge is -2.33. The Morgan fingerprint density at radius 3 is 2.82 bits per heavy atom. The second-order valence-corrected chi connectivity index (χ2v) is 6.30. The second-order valence-electron chi connectivity index (χ2n) is 5.27. The lowest BCUT2D eigenvalue weighted by Crippen LogP contribution is -2.39. The summed E-state index contributed by atoms with van der Waals surface area (Å²) < 4.78 is 0. The summed E-state index contributed by atoms with van der Waals surface area (Å²) in [5, 5.41) is 2.15. The maximum Gasteiger partial charge on any atom is 0.134 e. The number of carbonyl (C=O) groups is 1. The van der Waals surface area contributed by atoms with Gasteiger partial charge in [0.25, 0.3) is 0 Å². The van der Waals surface area contributed by atoms with E-state index in [4.69, 9.17) is 0 Å². The molecule has 1 unspecified atom stereocenters. The molecule has 0 saturated heterocycles. The highest BCUT2D eigenvalue weighted by atomic mass is 32.1. The molecule has 0 spiro atoms. The molecule has 0 radical (unpaired) electrons. The number of thiophene rings is 1. The predicted octanol–water partition coefficient (Wildman–Crippen LogP) is 3.22. The van der Waals surface area contributed by atoms with Gasteiger partial charge in [0.2, 0.25) is 0 Å². The van der Waals surface area contributed by atoms with Crippen LogP contribution in [0.1, 0.15) is 43.4 Å². The van der Waals surface area contributed by atoms with Gasteiger partial charge in [0, 0.05) is 36.3 Å². The topological polar surface area (TPSA) is 20.3 Å². The monoisotopic (exact) mass is 249 g/mol. The van der Waals surface area contributed by atoms with Crippen molar-refractivity contribution < 1.29 is 4.79 Å². The van der Waals surface area contributed by atoms with E-state index in [9.17, 15) is 4.79 Å². The van der Waals surface area contributed by atoms with Crippen LogP contribution in [-0.2, 0) is 11.3 Å². The van der Waals surface area contributed by atoms with Crippen molar-refractivity contribution >= 4 is 17.1 Å². The Hall–Kier alpha value is -0.670. The van der Waals surface area contributed by atoms with E-state index in [1.165, 1.54) is 24.1 Å². The number of hydrogen-bond donors (Lipinski definition) is 0. The fourth-order valence-corrected chi connectivity index (χ4v) is 3.54. The number of ketones is 1. The third kappa shape index (κ3) is 2.78. The van der Waals surface area contributed by atoms with Crippen LogP contribution < -0.4 is 0 Å². The first-order valence-corrected chi connectivity index (χ1v) is 7.51. The summed E-state index contributed by atoms with van der Waals surface area (Å²) in [6.07, 6.45) is 6.58. The summed E-state index contributed by atoms with van der Waals surface area (Å²) in [7, 11) is 0. The molecule has 3 rings (SSSR count). The Kier molecular flexibility index (Phi) is 3.30. The highest BCUT2D eigenvalue weighted by Crippen LogP contribution is 2.34. The molecule has 0 N–H and O–H groups in total. The molecular formula is C14H19NOS. The normalized spacial score (nSPS) is 25.5. The molecule has 2 fully saturated rings. The summed E-state index contributed by atoms with van der Waals surface area (Å²) in [5.74, 6) is 0.470. The van der Waals surface area contributed by atoms with Crippen molar-refractivity contribution in [1.29, 1.82) is 0 Å². The molecule has 0 amide bonds. The molecule has 0 aliphatic heterocycles. The number of Topliss-reactive ketones (excluding diaryl/α,β-unsaturated/α-hetero) is 1. The first kappa shape index (κ1) is 11.4. The minimum absolute atomic E-state index is 0.470. The first-order chi connectivity index (χ1) is 8.33. The van der Waals surface area contributed by atoms with E-state index in [1.807, 2.05) is 11.3 Å². The van der Waals surface area contributed by atoms with Gasteiger partial charge in [-0.3, -0.25) is 9.69 Å². The molecule has 1 heterocycles. The molecule has 3 heteroatoms. The largest absolute Gasteiger partial charge is 0.300 e. The molecule has 0 bridgehead atoms. The van der Waals surface area contributed by atoms with Gasteiger partial charge >= 0.3 is 0 Å². The van der Waals surface area contributed by atoms with E-state index in [2.05, 4.69) is 22.4 Å². The highest BCUT2D eigenvalue weighted by Gasteiger charge is 2.35. The van der Waals surface area contributed by atoms with Crippen LogP contribution >= 0.6 is 11.3 Å². The van der Waals surface area contributed by atoms with Crippen LogP contribution in [0.15, 0.2) is 17.5 Å². The second kappa shape index (κ2) is 4.91. The lowest BCUT2D eigenvalue weighted by atomic mass is 9.93. The Balaban J connectivity index is 1.68. The standard InChI is InChI=1S/C14H19NOS/c16-13-4-1-3-12(9-13)15(11-6-7-11)10-14-5-2-8-17-14/h2,5,8,11-12H,1,3-4,6-7,9-10H2. The predicted molar refractivity (Wildman–Crippen MR) is 70.1 cm³/mol. The van der Waals surface area contributed by atoms with E-state index < -0.39 is 0 Å². The number of nitrogens with zero attached hydrogens (tertiary/aromatic N) is 1. The molecule has 1 aromatic heterocycles. The zero-order valence-corrected chi connectivity index (χ0v) is 10.9. The van der Waals surface area contributed by atoms with Crippen LogP contribution in [0.3, 0.4) is 0 Å². The summed E-state index contributed by atoms with van der Waals surface area (Å²) in [4.78, 5) is 15.6. The average Bonchev–Trinajstić information content (AvgIpc) is 3.03. The average molecular weight is 249 g/mol. The summed E-state index contributed by atoms with van der Waals surface area (Å²) in [6, 6.07) is 5.61. The van der Waals surface area contributed by atoms with Gasteiger partial charge in [-0.25, -0.2) is 0 Å². The molecule has 0 aromatic carbocycles. The molecule has 92 valence electrons. The SMILES string of the molecule is O=C1CCCC(N(Cc2cccs2)C2CC2)C1. The fourth-order valence-electron chi connectivity index (χ4n) is 2.83. The third-order valence-electron chi connectivity index (χ3n) is 3.86. The summed E-state index contributed by atoms with van der Waals surface area (Å²) in [5.41, 5.74) is 0. The molecule has 17 heavy (non-hydrogen) atoms. The van der Waals surface area contributed by atoms with Crippen molar-refractivity contribution in [3.8, 4) is 0 Å².